The zero-order valence-electron chi connectivity index (χ0n) is 11.3. The van der Waals surface area contributed by atoms with Crippen molar-refractivity contribution in [1.82, 2.24) is 4.90 Å². The van der Waals surface area contributed by atoms with E-state index >= 15 is 0 Å². The van der Waals surface area contributed by atoms with E-state index in [2.05, 4.69) is 13.0 Å². The number of halogens is 2. The smallest absolute Gasteiger partial charge is 0.178 e. The second-order valence-corrected chi connectivity index (χ2v) is 6.48. The highest BCUT2D eigenvalue weighted by Crippen LogP contribution is 2.25. The summed E-state index contributed by atoms with van der Waals surface area (Å²) in [5.41, 5.74) is 0.476. The third-order valence-corrected chi connectivity index (χ3v) is 4.85. The molecule has 0 aliphatic rings. The normalized spacial score (nSPS) is 12.7. The molecule has 0 aliphatic heterocycles. The van der Waals surface area contributed by atoms with Gasteiger partial charge in [0.1, 0.15) is 0 Å². The van der Waals surface area contributed by atoms with Gasteiger partial charge < -0.3 is 0 Å². The standard InChI is InChI=1S/C15H15Cl2NOS/c1-10(15-4-3-7-20-15)18(2)9-14(19)12-8-11(16)5-6-13(12)17/h3-8,10H,9H2,1-2H3. The van der Waals surface area contributed by atoms with Crippen molar-refractivity contribution in [3.63, 3.8) is 0 Å². The summed E-state index contributed by atoms with van der Waals surface area (Å²) >= 11 is 13.7. The van der Waals surface area contributed by atoms with E-state index in [1.54, 1.807) is 29.5 Å². The van der Waals surface area contributed by atoms with Gasteiger partial charge in [0.2, 0.25) is 0 Å². The largest absolute Gasteiger partial charge is 0.293 e. The fraction of sp³-hybridized carbons (Fsp3) is 0.267. The summed E-state index contributed by atoms with van der Waals surface area (Å²) in [7, 11) is 1.93. The fourth-order valence-corrected chi connectivity index (χ4v) is 3.15. The van der Waals surface area contributed by atoms with Gasteiger partial charge in [-0.2, -0.15) is 0 Å². The molecule has 1 atom stereocenters. The molecule has 0 amide bonds. The topological polar surface area (TPSA) is 20.3 Å². The zero-order valence-corrected chi connectivity index (χ0v) is 13.6. The minimum absolute atomic E-state index is 0.0246. The van der Waals surface area contributed by atoms with Crippen molar-refractivity contribution in [3.05, 3.63) is 56.2 Å². The van der Waals surface area contributed by atoms with Crippen LogP contribution in [-0.4, -0.2) is 24.3 Å². The lowest BCUT2D eigenvalue weighted by molar-refractivity contribution is 0.0926. The number of hydrogen-bond acceptors (Lipinski definition) is 3. The zero-order chi connectivity index (χ0) is 14.7. The van der Waals surface area contributed by atoms with Gasteiger partial charge in [0, 0.05) is 21.5 Å². The summed E-state index contributed by atoms with van der Waals surface area (Å²) in [5, 5.41) is 3.00. The first-order valence-corrected chi connectivity index (χ1v) is 7.84. The molecule has 1 aromatic heterocycles. The van der Waals surface area contributed by atoms with Crippen LogP contribution in [0, 0.1) is 0 Å². The van der Waals surface area contributed by atoms with Crippen molar-refractivity contribution in [1.29, 1.82) is 0 Å². The van der Waals surface area contributed by atoms with E-state index in [0.717, 1.165) is 0 Å². The van der Waals surface area contributed by atoms with Crippen LogP contribution in [0.4, 0.5) is 0 Å². The first-order chi connectivity index (χ1) is 9.49. The maximum absolute atomic E-state index is 12.3. The second kappa shape index (κ2) is 6.72. The van der Waals surface area contributed by atoms with E-state index in [1.807, 2.05) is 23.4 Å². The van der Waals surface area contributed by atoms with Crippen LogP contribution < -0.4 is 0 Å². The van der Waals surface area contributed by atoms with Crippen LogP contribution in [0.1, 0.15) is 28.2 Å². The maximum atomic E-state index is 12.3. The SMILES string of the molecule is CC(c1cccs1)N(C)CC(=O)c1cc(Cl)ccc1Cl. The third-order valence-electron chi connectivity index (χ3n) is 3.24. The van der Waals surface area contributed by atoms with Crippen LogP contribution >= 0.6 is 34.5 Å². The second-order valence-electron chi connectivity index (χ2n) is 4.65. The summed E-state index contributed by atoms with van der Waals surface area (Å²) in [6, 6.07) is 9.23. The Bertz CT molecular complexity index is 598. The Morgan fingerprint density at radius 2 is 2.10 bits per heavy atom. The van der Waals surface area contributed by atoms with Gasteiger partial charge in [0.15, 0.2) is 5.78 Å². The molecule has 1 aromatic carbocycles. The minimum atomic E-state index is -0.0246. The minimum Gasteiger partial charge on any atom is -0.293 e. The van der Waals surface area contributed by atoms with Crippen molar-refractivity contribution in [2.24, 2.45) is 0 Å². The number of carbonyl (C=O) groups is 1. The predicted molar refractivity (Wildman–Crippen MR) is 86.2 cm³/mol. The van der Waals surface area contributed by atoms with E-state index in [9.17, 15) is 4.79 Å². The monoisotopic (exact) mass is 327 g/mol. The van der Waals surface area contributed by atoms with E-state index < -0.39 is 0 Å². The summed E-state index contributed by atoms with van der Waals surface area (Å²) in [4.78, 5) is 15.6. The van der Waals surface area contributed by atoms with Gasteiger partial charge in [-0.1, -0.05) is 29.3 Å². The molecule has 0 bridgehead atoms. The van der Waals surface area contributed by atoms with Crippen molar-refractivity contribution >= 4 is 40.3 Å². The lowest BCUT2D eigenvalue weighted by Crippen LogP contribution is -2.28. The first-order valence-electron chi connectivity index (χ1n) is 6.21. The Hall–Kier alpha value is -0.870. The van der Waals surface area contributed by atoms with E-state index in [4.69, 9.17) is 23.2 Å². The molecule has 0 N–H and O–H groups in total. The van der Waals surface area contributed by atoms with Gasteiger partial charge in [-0.05, 0) is 43.6 Å². The lowest BCUT2D eigenvalue weighted by atomic mass is 10.1. The Morgan fingerprint density at radius 1 is 1.35 bits per heavy atom. The summed E-state index contributed by atoms with van der Waals surface area (Å²) < 4.78 is 0. The Morgan fingerprint density at radius 3 is 2.75 bits per heavy atom. The number of carbonyl (C=O) groups excluding carboxylic acids is 1. The highest BCUT2D eigenvalue weighted by Gasteiger charge is 2.18. The van der Waals surface area contributed by atoms with E-state index in [-0.39, 0.29) is 11.8 Å². The Kier molecular flexibility index (Phi) is 5.22. The van der Waals surface area contributed by atoms with Crippen LogP contribution in [0.5, 0.6) is 0 Å². The molecule has 2 rings (SSSR count). The highest BCUT2D eigenvalue weighted by atomic mass is 35.5. The quantitative estimate of drug-likeness (QED) is 0.725. The number of Topliss-reactive ketones (excluding diaryl/α,β-unsaturated/α-hetero) is 1. The summed E-state index contributed by atoms with van der Waals surface area (Å²) in [5.74, 6) is -0.0246. The van der Waals surface area contributed by atoms with Crippen molar-refractivity contribution in [3.8, 4) is 0 Å². The first kappa shape index (κ1) is 15.5. The molecule has 20 heavy (non-hydrogen) atoms. The van der Waals surface area contributed by atoms with Crippen LogP contribution in [0.25, 0.3) is 0 Å². The molecule has 1 heterocycles. The van der Waals surface area contributed by atoms with Crippen LogP contribution in [0.2, 0.25) is 10.0 Å². The molecule has 1 unspecified atom stereocenters. The maximum Gasteiger partial charge on any atom is 0.178 e. The number of benzene rings is 1. The fourth-order valence-electron chi connectivity index (χ4n) is 1.91. The van der Waals surface area contributed by atoms with Gasteiger partial charge in [-0.3, -0.25) is 9.69 Å². The predicted octanol–water partition coefficient (Wildman–Crippen LogP) is 4.93. The molecular formula is C15H15Cl2NOS. The summed E-state index contributed by atoms with van der Waals surface area (Å²) in [6.07, 6.45) is 0. The molecule has 0 fully saturated rings. The average Bonchev–Trinajstić information content (AvgIpc) is 2.94. The Balaban J connectivity index is 2.09. The Labute approximate surface area is 132 Å². The molecule has 0 spiro atoms. The van der Waals surface area contributed by atoms with Gasteiger partial charge in [0.05, 0.1) is 11.6 Å². The van der Waals surface area contributed by atoms with Crippen molar-refractivity contribution in [2.45, 2.75) is 13.0 Å². The van der Waals surface area contributed by atoms with Gasteiger partial charge >= 0.3 is 0 Å². The summed E-state index contributed by atoms with van der Waals surface area (Å²) in [6.45, 7) is 2.39. The van der Waals surface area contributed by atoms with Gasteiger partial charge in [-0.15, -0.1) is 11.3 Å². The van der Waals surface area contributed by atoms with E-state index in [0.29, 0.717) is 22.2 Å². The molecule has 2 aromatic rings. The number of rotatable bonds is 5. The van der Waals surface area contributed by atoms with Crippen LogP contribution in [0.3, 0.4) is 0 Å². The highest BCUT2D eigenvalue weighted by molar-refractivity contribution is 7.10. The van der Waals surface area contributed by atoms with Crippen LogP contribution in [-0.2, 0) is 0 Å². The van der Waals surface area contributed by atoms with Gasteiger partial charge in [0.25, 0.3) is 0 Å². The van der Waals surface area contributed by atoms with Crippen molar-refractivity contribution < 1.29 is 4.79 Å². The molecule has 5 heteroatoms. The van der Waals surface area contributed by atoms with Gasteiger partial charge in [-0.25, -0.2) is 0 Å². The molecule has 0 saturated carbocycles. The molecule has 0 saturated heterocycles. The molecule has 0 aliphatic carbocycles. The van der Waals surface area contributed by atoms with Crippen LogP contribution in [0.15, 0.2) is 35.7 Å². The number of nitrogens with zero attached hydrogens (tertiary/aromatic N) is 1. The number of thiophene rings is 1. The number of likely N-dealkylation sites (N-methyl/N-ethyl adjacent to an activating group) is 1. The van der Waals surface area contributed by atoms with E-state index in [1.165, 1.54) is 4.88 Å². The molecule has 2 nitrogen and oxygen atoms in total. The average molecular weight is 328 g/mol. The number of hydrogen-bond donors (Lipinski definition) is 0. The van der Waals surface area contributed by atoms with Crippen molar-refractivity contribution in [2.75, 3.05) is 13.6 Å². The number of ketones is 1. The lowest BCUT2D eigenvalue weighted by Gasteiger charge is -2.23. The molecular weight excluding hydrogens is 313 g/mol. The molecule has 0 radical (unpaired) electrons. The molecule has 106 valence electrons. The third kappa shape index (κ3) is 3.61.